The van der Waals surface area contributed by atoms with E-state index in [0.29, 0.717) is 13.0 Å². The highest BCUT2D eigenvalue weighted by Gasteiger charge is 2.26. The molecular weight excluding hydrogens is 316 g/mol. The summed E-state index contributed by atoms with van der Waals surface area (Å²) in [7, 11) is 0. The first-order valence-electron chi connectivity index (χ1n) is 8.08. The summed E-state index contributed by atoms with van der Waals surface area (Å²) < 4.78 is 5.72. The van der Waals surface area contributed by atoms with E-state index in [1.54, 1.807) is 13.8 Å². The van der Waals surface area contributed by atoms with E-state index < -0.39 is 11.4 Å². The Kier molecular flexibility index (Phi) is 6.17. The lowest BCUT2D eigenvalue weighted by atomic mass is 10.0. The fourth-order valence-corrected chi connectivity index (χ4v) is 2.09. The van der Waals surface area contributed by atoms with E-state index in [4.69, 9.17) is 10.5 Å². The zero-order valence-electron chi connectivity index (χ0n) is 14.5. The van der Waals surface area contributed by atoms with Crippen molar-refractivity contribution in [1.82, 2.24) is 5.32 Å². The van der Waals surface area contributed by atoms with Gasteiger partial charge in [0.05, 0.1) is 6.42 Å². The molecular formula is C20H23N2O3. The quantitative estimate of drug-likeness (QED) is 0.775. The lowest BCUT2D eigenvalue weighted by molar-refractivity contribution is -0.128. The highest BCUT2D eigenvalue weighted by molar-refractivity contribution is 5.93. The van der Waals surface area contributed by atoms with Gasteiger partial charge in [-0.05, 0) is 43.5 Å². The summed E-state index contributed by atoms with van der Waals surface area (Å²) >= 11 is 0. The maximum Gasteiger partial charge on any atom is 0.242 e. The van der Waals surface area contributed by atoms with Crippen LogP contribution in [0, 0.1) is 6.42 Å². The lowest BCUT2D eigenvalue weighted by Crippen LogP contribution is -2.53. The Morgan fingerprint density at radius 3 is 2.28 bits per heavy atom. The molecule has 0 saturated carbocycles. The number of hydrogen-bond acceptors (Lipinski definition) is 3. The number of carbonyl (C=O) groups excluding carboxylic acids is 2. The molecule has 0 saturated heterocycles. The summed E-state index contributed by atoms with van der Waals surface area (Å²) in [6.45, 7) is 3.65. The molecule has 2 amide bonds. The van der Waals surface area contributed by atoms with E-state index in [2.05, 4.69) is 5.32 Å². The van der Waals surface area contributed by atoms with Gasteiger partial charge in [0, 0.05) is 0 Å². The van der Waals surface area contributed by atoms with Crippen LogP contribution >= 0.6 is 0 Å². The number of ether oxygens (including phenoxy) is 1. The first kappa shape index (κ1) is 18.5. The summed E-state index contributed by atoms with van der Waals surface area (Å²) in [5.41, 5.74) is 6.24. The summed E-state index contributed by atoms with van der Waals surface area (Å²) in [5.74, 6) is -0.130. The van der Waals surface area contributed by atoms with Crippen molar-refractivity contribution in [2.45, 2.75) is 32.4 Å². The van der Waals surface area contributed by atoms with Crippen LogP contribution in [0.15, 0.2) is 54.6 Å². The fraction of sp³-hybridized carbons (Fsp3) is 0.250. The average Bonchev–Trinajstić information content (AvgIpc) is 2.59. The monoisotopic (exact) mass is 339 g/mol. The van der Waals surface area contributed by atoms with E-state index >= 15 is 0 Å². The Morgan fingerprint density at radius 1 is 1.04 bits per heavy atom. The molecule has 2 rings (SSSR count). The summed E-state index contributed by atoms with van der Waals surface area (Å²) in [6, 6.07) is 17.5. The molecule has 0 heterocycles. The summed E-state index contributed by atoms with van der Waals surface area (Å²) in [5, 5.41) is 2.58. The number of primary amides is 1. The second kappa shape index (κ2) is 8.33. The second-order valence-corrected chi connectivity index (χ2v) is 6.30. The van der Waals surface area contributed by atoms with Gasteiger partial charge >= 0.3 is 0 Å². The third-order valence-electron chi connectivity index (χ3n) is 3.75. The van der Waals surface area contributed by atoms with Crippen molar-refractivity contribution in [3.63, 3.8) is 0 Å². The molecule has 131 valence electrons. The molecule has 0 bridgehead atoms. The van der Waals surface area contributed by atoms with Gasteiger partial charge in [0.2, 0.25) is 11.8 Å². The van der Waals surface area contributed by atoms with Crippen LogP contribution in [0.5, 0.6) is 5.75 Å². The van der Waals surface area contributed by atoms with E-state index in [-0.39, 0.29) is 5.91 Å². The minimum absolute atomic E-state index is 0.326. The van der Waals surface area contributed by atoms with Gasteiger partial charge in [-0.1, -0.05) is 42.5 Å². The van der Waals surface area contributed by atoms with Crippen LogP contribution in [0.4, 0.5) is 0 Å². The molecule has 1 radical (unpaired) electrons. The molecule has 5 heteroatoms. The van der Waals surface area contributed by atoms with Crippen LogP contribution in [-0.2, 0) is 22.6 Å². The van der Waals surface area contributed by atoms with Crippen molar-refractivity contribution >= 4 is 11.8 Å². The predicted octanol–water partition coefficient (Wildman–Crippen LogP) is 2.39. The maximum atomic E-state index is 11.9. The molecule has 0 aliphatic rings. The van der Waals surface area contributed by atoms with Gasteiger partial charge in [-0.15, -0.1) is 0 Å². The molecule has 0 atom stereocenters. The number of hydrogen-bond donors (Lipinski definition) is 2. The second-order valence-electron chi connectivity index (χ2n) is 6.30. The minimum atomic E-state index is -1.07. The number of benzene rings is 2. The highest BCUT2D eigenvalue weighted by Crippen LogP contribution is 2.15. The number of carbonyl (C=O) groups is 2. The minimum Gasteiger partial charge on any atom is -0.489 e. The third kappa shape index (κ3) is 5.95. The smallest absolute Gasteiger partial charge is 0.242 e. The Morgan fingerprint density at radius 2 is 1.68 bits per heavy atom. The van der Waals surface area contributed by atoms with E-state index in [0.717, 1.165) is 16.9 Å². The molecule has 0 spiro atoms. The molecule has 2 aromatic carbocycles. The topological polar surface area (TPSA) is 81.4 Å². The highest BCUT2D eigenvalue weighted by atomic mass is 16.5. The van der Waals surface area contributed by atoms with Crippen LogP contribution in [0.3, 0.4) is 0 Å². The van der Waals surface area contributed by atoms with Crippen molar-refractivity contribution in [3.05, 3.63) is 72.1 Å². The van der Waals surface area contributed by atoms with Crippen molar-refractivity contribution in [3.8, 4) is 5.75 Å². The normalized spacial score (nSPS) is 11.0. The number of rotatable bonds is 8. The van der Waals surface area contributed by atoms with Gasteiger partial charge in [-0.3, -0.25) is 9.59 Å². The van der Waals surface area contributed by atoms with Crippen LogP contribution in [0.1, 0.15) is 25.0 Å². The predicted molar refractivity (Wildman–Crippen MR) is 96.6 cm³/mol. The fourth-order valence-electron chi connectivity index (χ4n) is 2.09. The van der Waals surface area contributed by atoms with Crippen molar-refractivity contribution in [1.29, 1.82) is 0 Å². The summed E-state index contributed by atoms with van der Waals surface area (Å²) in [4.78, 5) is 23.1. The summed E-state index contributed by atoms with van der Waals surface area (Å²) in [6.07, 6.45) is 1.95. The molecule has 0 fully saturated rings. The zero-order valence-corrected chi connectivity index (χ0v) is 14.5. The SMILES string of the molecule is CC(C)(NC(=O)[CH]Cc1ccc(OCc2ccccc2)cc1)C(N)=O. The van der Waals surface area contributed by atoms with Crippen molar-refractivity contribution < 1.29 is 14.3 Å². The van der Waals surface area contributed by atoms with Crippen LogP contribution in [0.25, 0.3) is 0 Å². The molecule has 0 unspecified atom stereocenters. The first-order valence-corrected chi connectivity index (χ1v) is 8.08. The third-order valence-corrected chi connectivity index (χ3v) is 3.75. The van der Waals surface area contributed by atoms with E-state index in [1.165, 1.54) is 6.42 Å². The van der Waals surface area contributed by atoms with Gasteiger partial charge in [0.1, 0.15) is 17.9 Å². The molecule has 0 aliphatic heterocycles. The molecule has 0 aromatic heterocycles. The number of nitrogens with two attached hydrogens (primary N) is 1. The van der Waals surface area contributed by atoms with Gasteiger partial charge in [-0.25, -0.2) is 0 Å². The molecule has 5 nitrogen and oxygen atoms in total. The first-order chi connectivity index (χ1) is 11.9. The van der Waals surface area contributed by atoms with Gasteiger partial charge in [0.25, 0.3) is 0 Å². The van der Waals surface area contributed by atoms with Crippen LogP contribution < -0.4 is 15.8 Å². The average molecular weight is 339 g/mol. The van der Waals surface area contributed by atoms with Crippen molar-refractivity contribution in [2.75, 3.05) is 0 Å². The van der Waals surface area contributed by atoms with Gasteiger partial charge in [0.15, 0.2) is 0 Å². The van der Waals surface area contributed by atoms with Crippen LogP contribution in [0.2, 0.25) is 0 Å². The van der Waals surface area contributed by atoms with Crippen LogP contribution in [-0.4, -0.2) is 17.4 Å². The molecule has 0 aliphatic carbocycles. The van der Waals surface area contributed by atoms with Gasteiger partial charge in [-0.2, -0.15) is 0 Å². The maximum absolute atomic E-state index is 11.9. The van der Waals surface area contributed by atoms with E-state index in [1.807, 2.05) is 54.6 Å². The Labute approximate surface area is 148 Å². The van der Waals surface area contributed by atoms with E-state index in [9.17, 15) is 9.59 Å². The van der Waals surface area contributed by atoms with Crippen molar-refractivity contribution in [2.24, 2.45) is 5.73 Å². The zero-order chi connectivity index (χ0) is 18.3. The standard InChI is InChI=1S/C20H23N2O3/c1-20(2,19(21)24)22-18(23)13-10-15-8-11-17(12-9-15)25-14-16-6-4-3-5-7-16/h3-9,11-13H,10,14H2,1-2H3,(H2,21,24)(H,22,23). The largest absolute Gasteiger partial charge is 0.489 e. The lowest BCUT2D eigenvalue weighted by Gasteiger charge is -2.22. The van der Waals surface area contributed by atoms with Gasteiger partial charge < -0.3 is 15.8 Å². The molecule has 3 N–H and O–H groups in total. The Hall–Kier alpha value is -2.82. The molecule has 25 heavy (non-hydrogen) atoms. The Bertz CT molecular complexity index is 709. The number of nitrogens with one attached hydrogen (secondary N) is 1. The number of amides is 2. The Balaban J connectivity index is 1.80. The molecule has 2 aromatic rings.